The topological polar surface area (TPSA) is 75.9 Å². The van der Waals surface area contributed by atoms with Gasteiger partial charge in [-0.25, -0.2) is 19.5 Å². The molecule has 1 aliphatic heterocycles. The molecule has 1 aliphatic rings. The Morgan fingerprint density at radius 1 is 1.36 bits per heavy atom. The van der Waals surface area contributed by atoms with Crippen LogP contribution >= 0.6 is 11.3 Å². The molecule has 0 radical (unpaired) electrons. The van der Waals surface area contributed by atoms with Crippen LogP contribution in [-0.4, -0.2) is 41.2 Å². The standard InChI is InChI=1S/C20H17N3O4S/c1-2-3-6-11-22-13-17(27-18(24)15-9-7-12-26-15)23(20(22)25)19-21-14-8-4-5-10-16(14)28-19/h4-5,7-10,12,17H,6,11,13H2,1H3. The van der Waals surface area contributed by atoms with E-state index < -0.39 is 12.2 Å². The number of rotatable bonds is 5. The number of amides is 2. The second-order valence-electron chi connectivity index (χ2n) is 6.08. The first-order chi connectivity index (χ1) is 13.7. The fourth-order valence-electron chi connectivity index (χ4n) is 2.96. The van der Waals surface area contributed by atoms with E-state index in [1.807, 2.05) is 24.3 Å². The lowest BCUT2D eigenvalue weighted by Crippen LogP contribution is -2.37. The average molecular weight is 395 g/mol. The Labute approximate surface area is 165 Å². The van der Waals surface area contributed by atoms with Crippen molar-refractivity contribution >= 4 is 38.7 Å². The van der Waals surface area contributed by atoms with Crippen LogP contribution in [0.1, 0.15) is 23.9 Å². The molecule has 3 heterocycles. The molecule has 1 saturated heterocycles. The largest absolute Gasteiger partial charge is 0.457 e. The number of thiazole rings is 1. The summed E-state index contributed by atoms with van der Waals surface area (Å²) in [5.74, 6) is 5.24. The third-order valence-electron chi connectivity index (χ3n) is 4.28. The minimum absolute atomic E-state index is 0.0898. The SMILES string of the molecule is CC#CCCN1CC(OC(=O)c2ccco2)N(c2nc3ccccc3s2)C1=O. The van der Waals surface area contributed by atoms with Crippen LogP contribution in [0.4, 0.5) is 9.93 Å². The van der Waals surface area contributed by atoms with Crippen molar-refractivity contribution in [1.82, 2.24) is 9.88 Å². The van der Waals surface area contributed by atoms with E-state index in [0.717, 1.165) is 10.2 Å². The molecule has 3 aromatic rings. The fourth-order valence-corrected chi connectivity index (χ4v) is 3.96. The number of ether oxygens (including phenoxy) is 1. The maximum absolute atomic E-state index is 13.0. The molecule has 2 aromatic heterocycles. The van der Waals surface area contributed by atoms with Crippen LogP contribution in [0.25, 0.3) is 10.2 Å². The van der Waals surface area contributed by atoms with E-state index in [1.165, 1.54) is 28.6 Å². The van der Waals surface area contributed by atoms with Gasteiger partial charge in [0, 0.05) is 13.0 Å². The predicted octanol–water partition coefficient (Wildman–Crippen LogP) is 3.73. The molecule has 28 heavy (non-hydrogen) atoms. The Morgan fingerprint density at radius 3 is 2.96 bits per heavy atom. The normalized spacial score (nSPS) is 16.3. The van der Waals surface area contributed by atoms with Gasteiger partial charge >= 0.3 is 12.0 Å². The monoisotopic (exact) mass is 395 g/mol. The smallest absolute Gasteiger partial charge is 0.376 e. The first-order valence-corrected chi connectivity index (χ1v) is 9.57. The highest BCUT2D eigenvalue weighted by Crippen LogP contribution is 2.33. The van der Waals surface area contributed by atoms with E-state index in [0.29, 0.717) is 18.1 Å². The molecule has 0 spiro atoms. The number of furan rings is 1. The number of anilines is 1. The molecule has 0 saturated carbocycles. The highest BCUT2D eigenvalue weighted by molar-refractivity contribution is 7.22. The lowest BCUT2D eigenvalue weighted by molar-refractivity contribution is 0.0291. The average Bonchev–Trinajstić information content (AvgIpc) is 3.41. The van der Waals surface area contributed by atoms with Crippen molar-refractivity contribution in [2.45, 2.75) is 19.6 Å². The first-order valence-electron chi connectivity index (χ1n) is 8.75. The van der Waals surface area contributed by atoms with Crippen LogP contribution in [0.2, 0.25) is 0 Å². The van der Waals surface area contributed by atoms with Crippen LogP contribution in [-0.2, 0) is 4.74 Å². The van der Waals surface area contributed by atoms with Crippen LogP contribution in [0.15, 0.2) is 47.1 Å². The van der Waals surface area contributed by atoms with Crippen molar-refractivity contribution in [3.63, 3.8) is 0 Å². The Bertz CT molecular complexity index is 1030. The fraction of sp³-hybridized carbons (Fsp3) is 0.250. The lowest BCUT2D eigenvalue weighted by Gasteiger charge is -2.19. The molecule has 2 amide bonds. The van der Waals surface area contributed by atoms with Gasteiger partial charge in [-0.1, -0.05) is 23.5 Å². The summed E-state index contributed by atoms with van der Waals surface area (Å²) in [6.07, 6.45) is 1.16. The molecular weight excluding hydrogens is 378 g/mol. The summed E-state index contributed by atoms with van der Waals surface area (Å²) in [5.41, 5.74) is 0.793. The number of aromatic nitrogens is 1. The van der Waals surface area contributed by atoms with E-state index in [-0.39, 0.29) is 18.3 Å². The molecule has 1 aromatic carbocycles. The number of carbonyl (C=O) groups is 2. The van der Waals surface area contributed by atoms with Crippen molar-refractivity contribution in [1.29, 1.82) is 0 Å². The molecule has 1 fully saturated rings. The molecule has 0 bridgehead atoms. The minimum atomic E-state index is -0.791. The Kier molecular flexibility index (Phi) is 5.00. The lowest BCUT2D eigenvalue weighted by atomic mass is 10.3. The minimum Gasteiger partial charge on any atom is -0.457 e. The van der Waals surface area contributed by atoms with Gasteiger partial charge < -0.3 is 14.1 Å². The van der Waals surface area contributed by atoms with Gasteiger partial charge in [-0.3, -0.25) is 0 Å². The highest BCUT2D eigenvalue weighted by Gasteiger charge is 2.42. The number of urea groups is 1. The van der Waals surface area contributed by atoms with Gasteiger partial charge in [-0.2, -0.15) is 0 Å². The maximum atomic E-state index is 13.0. The number of hydrogen-bond donors (Lipinski definition) is 0. The molecule has 0 aliphatic carbocycles. The second kappa shape index (κ2) is 7.74. The summed E-state index contributed by atoms with van der Waals surface area (Å²) in [4.78, 5) is 33.0. The zero-order valence-corrected chi connectivity index (χ0v) is 15.9. The summed E-state index contributed by atoms with van der Waals surface area (Å²) in [5, 5.41) is 0.493. The predicted molar refractivity (Wildman–Crippen MR) is 105 cm³/mol. The quantitative estimate of drug-likeness (QED) is 0.486. The third kappa shape index (κ3) is 3.44. The molecule has 1 atom stereocenters. The van der Waals surface area contributed by atoms with E-state index in [4.69, 9.17) is 9.15 Å². The number of fused-ring (bicyclic) bond motifs is 1. The maximum Gasteiger partial charge on any atom is 0.376 e. The van der Waals surface area contributed by atoms with Crippen molar-refractivity contribution < 1.29 is 18.7 Å². The van der Waals surface area contributed by atoms with Gasteiger partial charge in [-0.05, 0) is 31.2 Å². The van der Waals surface area contributed by atoms with Gasteiger partial charge in [0.1, 0.15) is 0 Å². The van der Waals surface area contributed by atoms with E-state index in [2.05, 4.69) is 16.8 Å². The van der Waals surface area contributed by atoms with Crippen LogP contribution in [0.5, 0.6) is 0 Å². The zero-order chi connectivity index (χ0) is 19.5. The third-order valence-corrected chi connectivity index (χ3v) is 5.31. The first kappa shape index (κ1) is 18.1. The summed E-state index contributed by atoms with van der Waals surface area (Å²) in [6, 6.07) is 10.5. The number of carbonyl (C=O) groups excluding carboxylic acids is 2. The molecule has 8 heteroatoms. The zero-order valence-electron chi connectivity index (χ0n) is 15.1. The van der Waals surface area contributed by atoms with Gasteiger partial charge in [0.25, 0.3) is 0 Å². The summed E-state index contributed by atoms with van der Waals surface area (Å²) >= 11 is 1.38. The van der Waals surface area contributed by atoms with Gasteiger partial charge in [0.2, 0.25) is 12.0 Å². The van der Waals surface area contributed by atoms with Gasteiger partial charge in [0.15, 0.2) is 5.13 Å². The van der Waals surface area contributed by atoms with Crippen molar-refractivity contribution in [2.24, 2.45) is 0 Å². The molecule has 0 N–H and O–H groups in total. The Balaban J connectivity index is 1.62. The van der Waals surface area contributed by atoms with E-state index >= 15 is 0 Å². The van der Waals surface area contributed by atoms with Gasteiger partial charge in [0.05, 0.1) is 23.0 Å². The van der Waals surface area contributed by atoms with E-state index in [9.17, 15) is 9.59 Å². The summed E-state index contributed by atoms with van der Waals surface area (Å²) < 4.78 is 11.6. The molecular formula is C20H17N3O4S. The summed E-state index contributed by atoms with van der Waals surface area (Å²) in [7, 11) is 0. The van der Waals surface area contributed by atoms with Crippen LogP contribution < -0.4 is 4.90 Å². The number of para-hydroxylation sites is 1. The van der Waals surface area contributed by atoms with Crippen LogP contribution in [0, 0.1) is 11.8 Å². The molecule has 4 rings (SSSR count). The number of esters is 1. The van der Waals surface area contributed by atoms with Crippen molar-refractivity contribution in [2.75, 3.05) is 18.0 Å². The number of benzene rings is 1. The molecule has 142 valence electrons. The Hall–Kier alpha value is -3.31. The second-order valence-corrected chi connectivity index (χ2v) is 7.09. The molecule has 1 unspecified atom stereocenters. The van der Waals surface area contributed by atoms with Gasteiger partial charge in [-0.15, -0.1) is 11.8 Å². The highest BCUT2D eigenvalue weighted by atomic mass is 32.1. The van der Waals surface area contributed by atoms with Crippen molar-refractivity contribution in [3.05, 3.63) is 48.4 Å². The number of nitrogens with zero attached hydrogens (tertiary/aromatic N) is 3. The van der Waals surface area contributed by atoms with E-state index in [1.54, 1.807) is 17.9 Å². The van der Waals surface area contributed by atoms with Crippen molar-refractivity contribution in [3.8, 4) is 11.8 Å². The Morgan fingerprint density at radius 2 is 2.21 bits per heavy atom. The molecule has 7 nitrogen and oxygen atoms in total. The van der Waals surface area contributed by atoms with Crippen LogP contribution in [0.3, 0.4) is 0 Å². The number of hydrogen-bond acceptors (Lipinski definition) is 6. The summed E-state index contributed by atoms with van der Waals surface area (Å²) in [6.45, 7) is 2.45.